The molecule has 0 radical (unpaired) electrons. The summed E-state index contributed by atoms with van der Waals surface area (Å²) in [6, 6.07) is 79.6. The Morgan fingerprint density at radius 3 is 0.769 bits per heavy atom. The zero-order chi connectivity index (χ0) is 42.3. The van der Waals surface area contributed by atoms with Crippen molar-refractivity contribution in [3.05, 3.63) is 218 Å². The van der Waals surface area contributed by atoms with Crippen LogP contribution in [-0.4, -0.2) is 18.3 Å². The Balaban J connectivity index is 0.939. The first-order valence-electron chi connectivity index (χ1n) is 22.3. The lowest BCUT2D eigenvalue weighted by Gasteiger charge is -2.12. The molecule has 302 valence electrons. The highest BCUT2D eigenvalue weighted by Gasteiger charge is 2.20. The summed E-state index contributed by atoms with van der Waals surface area (Å²) in [5, 5.41) is 12.1. The van der Waals surface area contributed by atoms with E-state index in [9.17, 15) is 0 Å². The van der Waals surface area contributed by atoms with E-state index in [1.807, 2.05) is 0 Å². The summed E-state index contributed by atoms with van der Waals surface area (Å²) in [5.41, 5.74) is 15.6. The summed E-state index contributed by atoms with van der Waals surface area (Å²) in [6.07, 6.45) is 0. The largest absolute Gasteiger partial charge is 0.456 e. The molecule has 5 heteroatoms. The monoisotopic (exact) mass is 828 g/mol. The molecule has 0 N–H and O–H groups in total. The third-order valence-electron chi connectivity index (χ3n) is 13.9. The second-order valence-corrected chi connectivity index (χ2v) is 17.3. The molecule has 65 heavy (non-hydrogen) atoms. The zero-order valence-corrected chi connectivity index (χ0v) is 35.0. The minimum Gasteiger partial charge on any atom is -0.456 e. The van der Waals surface area contributed by atoms with Gasteiger partial charge in [-0.1, -0.05) is 121 Å². The Morgan fingerprint density at radius 2 is 0.446 bits per heavy atom. The fourth-order valence-corrected chi connectivity index (χ4v) is 11.2. The van der Waals surface area contributed by atoms with Crippen LogP contribution in [-0.2, 0) is 0 Å². The van der Waals surface area contributed by atoms with Crippen LogP contribution in [0.3, 0.4) is 0 Å². The van der Waals surface area contributed by atoms with Gasteiger partial charge in [-0.05, 0) is 97.1 Å². The van der Waals surface area contributed by atoms with Gasteiger partial charge in [0.25, 0.3) is 0 Å². The van der Waals surface area contributed by atoms with E-state index in [4.69, 9.17) is 4.42 Å². The summed E-state index contributed by atoms with van der Waals surface area (Å²) >= 11 is 0. The molecule has 5 nitrogen and oxygen atoms in total. The van der Waals surface area contributed by atoms with Crippen LogP contribution >= 0.6 is 0 Å². The number of para-hydroxylation sites is 6. The number of hydrogen-bond acceptors (Lipinski definition) is 1. The topological polar surface area (TPSA) is 32.9 Å². The van der Waals surface area contributed by atoms with Crippen LogP contribution in [0.5, 0.6) is 0 Å². The van der Waals surface area contributed by atoms with E-state index >= 15 is 0 Å². The Labute approximate surface area is 371 Å². The summed E-state index contributed by atoms with van der Waals surface area (Å²) in [7, 11) is 0. The van der Waals surface area contributed by atoms with Crippen molar-refractivity contribution in [1.82, 2.24) is 18.3 Å². The Hall–Kier alpha value is -8.80. The number of fused-ring (bicyclic) bond motifs is 15. The van der Waals surface area contributed by atoms with Gasteiger partial charge in [0.15, 0.2) is 0 Å². The van der Waals surface area contributed by atoms with E-state index in [1.165, 1.54) is 76.2 Å². The molecule has 0 bridgehead atoms. The van der Waals surface area contributed by atoms with Crippen LogP contribution < -0.4 is 0 Å². The third kappa shape index (κ3) is 4.76. The molecule has 0 fully saturated rings. The molecule has 0 spiro atoms. The van der Waals surface area contributed by atoms with Crippen LogP contribution in [0.15, 0.2) is 223 Å². The van der Waals surface area contributed by atoms with E-state index < -0.39 is 0 Å². The van der Waals surface area contributed by atoms with Crippen molar-refractivity contribution >= 4 is 109 Å². The molecule has 0 atom stereocenters. The lowest BCUT2D eigenvalue weighted by Crippen LogP contribution is -1.97. The fraction of sp³-hybridized carbons (Fsp3) is 0. The van der Waals surface area contributed by atoms with Gasteiger partial charge in [0.1, 0.15) is 11.2 Å². The number of hydrogen-bond donors (Lipinski definition) is 0. The Kier molecular flexibility index (Phi) is 6.89. The molecule has 10 aromatic carbocycles. The van der Waals surface area contributed by atoms with E-state index in [1.54, 1.807) is 0 Å². The van der Waals surface area contributed by atoms with Crippen molar-refractivity contribution in [2.75, 3.05) is 0 Å². The molecule has 0 aliphatic heterocycles. The molecule has 0 aliphatic rings. The second-order valence-electron chi connectivity index (χ2n) is 17.3. The highest BCUT2D eigenvalue weighted by Crippen LogP contribution is 2.41. The first-order chi connectivity index (χ1) is 32.2. The molecule has 0 unspecified atom stereocenters. The first kappa shape index (κ1) is 34.7. The van der Waals surface area contributed by atoms with Crippen molar-refractivity contribution in [2.45, 2.75) is 0 Å². The fourth-order valence-electron chi connectivity index (χ4n) is 11.2. The number of aromatic nitrogens is 4. The van der Waals surface area contributed by atoms with Crippen LogP contribution in [0, 0.1) is 0 Å². The van der Waals surface area contributed by atoms with Crippen LogP contribution in [0.4, 0.5) is 0 Å². The molecule has 0 aliphatic carbocycles. The van der Waals surface area contributed by atoms with Gasteiger partial charge in [-0.3, -0.25) is 0 Å². The molecule has 0 saturated heterocycles. The van der Waals surface area contributed by atoms with E-state index in [-0.39, 0.29) is 0 Å². The summed E-state index contributed by atoms with van der Waals surface area (Å²) in [5.74, 6) is 0. The smallest absolute Gasteiger partial charge is 0.135 e. The normalized spacial score (nSPS) is 12.3. The standard InChI is InChI=1S/C60H36N4O/c1-7-19-51-41(13-1)42-14-2-8-20-52(42)61(51)39-25-29-47-45-17-5-11-23-55(45)63(57(47)35-39)37-27-31-59-49(33-37)50-34-38(28-32-60(50)65-59)64-56-24-12-6-18-46(56)48-30-26-40(36-58(48)64)62-53-21-9-3-15-43(53)44-16-4-10-22-54(44)62/h1-36H. The van der Waals surface area contributed by atoms with E-state index in [2.05, 4.69) is 237 Å². The zero-order valence-electron chi connectivity index (χ0n) is 35.0. The van der Waals surface area contributed by atoms with Crippen molar-refractivity contribution in [2.24, 2.45) is 0 Å². The van der Waals surface area contributed by atoms with Crippen molar-refractivity contribution in [1.29, 1.82) is 0 Å². The SMILES string of the molecule is c1ccc2c(c1)c1ccccc1n2-c1ccc2c3ccccc3n(-c3ccc4oc5ccc(-n6c7ccccc7c7ccc(-n8c9ccccc9c9ccccc98)cc76)cc5c4c3)c2c1. The molecular formula is C60H36N4O. The molecular weight excluding hydrogens is 793 g/mol. The maximum Gasteiger partial charge on any atom is 0.135 e. The lowest BCUT2D eigenvalue weighted by molar-refractivity contribution is 0.669. The van der Waals surface area contributed by atoms with Gasteiger partial charge in [0.05, 0.1) is 44.1 Å². The number of furan rings is 1. The van der Waals surface area contributed by atoms with Crippen molar-refractivity contribution in [3.63, 3.8) is 0 Å². The lowest BCUT2D eigenvalue weighted by atomic mass is 10.1. The van der Waals surface area contributed by atoms with Crippen LogP contribution in [0.1, 0.15) is 0 Å². The molecule has 15 rings (SSSR count). The summed E-state index contributed by atoms with van der Waals surface area (Å²) in [6.45, 7) is 0. The average Bonchev–Trinajstić information content (AvgIpc) is 4.16. The predicted octanol–water partition coefficient (Wildman–Crippen LogP) is 16.0. The highest BCUT2D eigenvalue weighted by atomic mass is 16.3. The van der Waals surface area contributed by atoms with Gasteiger partial charge in [-0.15, -0.1) is 0 Å². The van der Waals surface area contributed by atoms with Crippen molar-refractivity contribution in [3.8, 4) is 22.7 Å². The van der Waals surface area contributed by atoms with Gasteiger partial charge < -0.3 is 22.7 Å². The Bertz CT molecular complexity index is 4100. The maximum absolute atomic E-state index is 6.62. The van der Waals surface area contributed by atoms with Crippen molar-refractivity contribution < 1.29 is 4.42 Å². The summed E-state index contributed by atoms with van der Waals surface area (Å²) in [4.78, 5) is 0. The van der Waals surface area contributed by atoms with Gasteiger partial charge in [-0.2, -0.15) is 0 Å². The average molecular weight is 829 g/mol. The Morgan fingerprint density at radius 1 is 0.200 bits per heavy atom. The first-order valence-corrected chi connectivity index (χ1v) is 22.3. The van der Waals surface area contributed by atoms with Crippen LogP contribution in [0.2, 0.25) is 0 Å². The second kappa shape index (κ2) is 12.9. The van der Waals surface area contributed by atoms with Gasteiger partial charge in [0.2, 0.25) is 0 Å². The quantitative estimate of drug-likeness (QED) is 0.174. The molecule has 5 aromatic heterocycles. The highest BCUT2D eigenvalue weighted by molar-refractivity contribution is 6.15. The molecule has 0 saturated carbocycles. The number of nitrogens with zero attached hydrogens (tertiary/aromatic N) is 4. The van der Waals surface area contributed by atoms with E-state index in [0.717, 1.165) is 55.7 Å². The van der Waals surface area contributed by atoms with Gasteiger partial charge in [-0.25, -0.2) is 0 Å². The minimum atomic E-state index is 0.864. The van der Waals surface area contributed by atoms with Crippen LogP contribution in [0.25, 0.3) is 132 Å². The predicted molar refractivity (Wildman–Crippen MR) is 271 cm³/mol. The number of rotatable bonds is 4. The molecule has 5 heterocycles. The van der Waals surface area contributed by atoms with Gasteiger partial charge >= 0.3 is 0 Å². The van der Waals surface area contributed by atoms with E-state index in [0.29, 0.717) is 0 Å². The maximum atomic E-state index is 6.62. The molecule has 15 aromatic rings. The molecule has 0 amide bonds. The third-order valence-corrected chi connectivity index (χ3v) is 13.9. The summed E-state index contributed by atoms with van der Waals surface area (Å²) < 4.78 is 16.3. The number of benzene rings is 10. The minimum absolute atomic E-state index is 0.864. The van der Waals surface area contributed by atoms with Gasteiger partial charge in [0, 0.05) is 76.6 Å².